The van der Waals surface area contributed by atoms with E-state index in [9.17, 15) is 9.90 Å². The quantitative estimate of drug-likeness (QED) is 0.740. The molecule has 1 aliphatic carbocycles. The molecule has 1 aliphatic rings. The molecule has 0 atom stereocenters. The van der Waals surface area contributed by atoms with Crippen molar-refractivity contribution in [1.82, 2.24) is 0 Å². The van der Waals surface area contributed by atoms with Crippen LogP contribution in [0, 0.1) is 5.41 Å². The van der Waals surface area contributed by atoms with Gasteiger partial charge in [0.05, 0.1) is 17.7 Å². The number of aliphatic hydroxyl groups is 2. The monoisotopic (exact) mass is 239 g/mol. The van der Waals surface area contributed by atoms with E-state index in [0.29, 0.717) is 12.8 Å². The Bertz CT molecular complexity index is 378. The summed E-state index contributed by atoms with van der Waals surface area (Å²) in [6.07, 6.45) is 2.29. The number of Topliss-reactive ketones (excluding diaryl/α,β-unsaturated/α-hetero) is 1. The minimum atomic E-state index is -0.624. The Morgan fingerprint density at radius 2 is 2.00 bits per heavy atom. The van der Waals surface area contributed by atoms with Crippen LogP contribution in [0.5, 0.6) is 0 Å². The first-order valence-electron chi connectivity index (χ1n) is 5.78. The molecule has 96 valence electrons. The zero-order valence-electron chi connectivity index (χ0n) is 10.9. The second kappa shape index (κ2) is 4.61. The Kier molecular flexibility index (Phi) is 3.77. The summed E-state index contributed by atoms with van der Waals surface area (Å²) in [5, 5.41) is 18.9. The molecule has 0 aromatic carbocycles. The molecule has 0 unspecified atom stereocenters. The van der Waals surface area contributed by atoms with Crippen LogP contribution >= 0.6 is 0 Å². The molecule has 0 amide bonds. The lowest BCUT2D eigenvalue weighted by atomic mass is 9.77. The van der Waals surface area contributed by atoms with Crippen LogP contribution in [0.15, 0.2) is 16.3 Å². The first-order chi connectivity index (χ1) is 7.67. The number of carbonyl (C=O) groups is 1. The molecule has 0 fully saturated rings. The van der Waals surface area contributed by atoms with Gasteiger partial charge in [-0.1, -0.05) is 13.8 Å². The van der Waals surface area contributed by atoms with Gasteiger partial charge in [0.1, 0.15) is 5.76 Å². The van der Waals surface area contributed by atoms with Gasteiger partial charge in [-0.05, 0) is 19.3 Å². The fourth-order valence-corrected chi connectivity index (χ4v) is 1.73. The van der Waals surface area contributed by atoms with Gasteiger partial charge in [-0.2, -0.15) is 0 Å². The average Bonchev–Trinajstić information content (AvgIpc) is 2.14. The molecule has 17 heavy (non-hydrogen) atoms. The van der Waals surface area contributed by atoms with Crippen molar-refractivity contribution in [2.24, 2.45) is 10.4 Å². The van der Waals surface area contributed by atoms with E-state index < -0.39 is 5.54 Å². The van der Waals surface area contributed by atoms with E-state index in [2.05, 4.69) is 4.99 Å². The molecule has 0 heterocycles. The van der Waals surface area contributed by atoms with Crippen molar-refractivity contribution in [3.05, 3.63) is 11.3 Å². The van der Waals surface area contributed by atoms with Gasteiger partial charge in [-0.15, -0.1) is 0 Å². The Balaban J connectivity index is 2.95. The largest absolute Gasteiger partial charge is 0.511 e. The van der Waals surface area contributed by atoms with E-state index in [1.807, 2.05) is 13.8 Å². The normalized spacial score (nSPS) is 21.4. The number of hydrogen-bond donors (Lipinski definition) is 2. The maximum absolute atomic E-state index is 11.9. The van der Waals surface area contributed by atoms with E-state index >= 15 is 0 Å². The molecule has 0 aliphatic heterocycles. The molecule has 4 heteroatoms. The number of ketones is 1. The second-order valence-electron chi connectivity index (χ2n) is 6.03. The lowest BCUT2D eigenvalue weighted by Gasteiger charge is -2.28. The number of allylic oxidation sites excluding steroid dienone is 2. The number of rotatable bonds is 3. The van der Waals surface area contributed by atoms with Crippen molar-refractivity contribution in [3.63, 3.8) is 0 Å². The third-order valence-corrected chi connectivity index (χ3v) is 2.83. The molecule has 0 bridgehead atoms. The maximum atomic E-state index is 11.9. The number of carbonyl (C=O) groups excluding carboxylic acids is 1. The molecule has 0 saturated heterocycles. The van der Waals surface area contributed by atoms with Crippen LogP contribution in [-0.4, -0.2) is 34.4 Å². The van der Waals surface area contributed by atoms with Gasteiger partial charge < -0.3 is 10.2 Å². The maximum Gasteiger partial charge on any atom is 0.168 e. The van der Waals surface area contributed by atoms with Crippen LogP contribution in [0.2, 0.25) is 0 Å². The summed E-state index contributed by atoms with van der Waals surface area (Å²) in [6.45, 7) is 7.33. The standard InChI is InChI=1S/C13H21NO3/c1-12(2)5-10(16)9(11(17)6-12)7-14-13(3,4)8-15/h7,15-16H,5-6,8H2,1-4H3. The van der Waals surface area contributed by atoms with Crippen LogP contribution in [0.1, 0.15) is 40.5 Å². The molecular weight excluding hydrogens is 218 g/mol. The highest BCUT2D eigenvalue weighted by Crippen LogP contribution is 2.35. The second-order valence-corrected chi connectivity index (χ2v) is 6.03. The predicted octanol–water partition coefficient (Wildman–Crippen LogP) is 2.03. The number of hydrogen-bond acceptors (Lipinski definition) is 4. The van der Waals surface area contributed by atoms with E-state index in [4.69, 9.17) is 5.11 Å². The highest BCUT2D eigenvalue weighted by molar-refractivity contribution is 6.14. The van der Waals surface area contributed by atoms with Crippen LogP contribution < -0.4 is 0 Å². The molecule has 0 saturated carbocycles. The lowest BCUT2D eigenvalue weighted by molar-refractivity contribution is -0.117. The molecule has 1 rings (SSSR count). The van der Waals surface area contributed by atoms with Crippen molar-refractivity contribution in [3.8, 4) is 0 Å². The summed E-state index contributed by atoms with van der Waals surface area (Å²) in [7, 11) is 0. The van der Waals surface area contributed by atoms with Crippen LogP contribution in [0.3, 0.4) is 0 Å². The van der Waals surface area contributed by atoms with E-state index in [1.165, 1.54) is 6.21 Å². The summed E-state index contributed by atoms with van der Waals surface area (Å²) in [5.74, 6) is 0.0139. The van der Waals surface area contributed by atoms with Crippen molar-refractivity contribution in [2.45, 2.75) is 46.1 Å². The van der Waals surface area contributed by atoms with Crippen molar-refractivity contribution in [1.29, 1.82) is 0 Å². The van der Waals surface area contributed by atoms with Crippen LogP contribution in [0.4, 0.5) is 0 Å². The number of aliphatic hydroxyl groups excluding tert-OH is 2. The fraction of sp³-hybridized carbons (Fsp3) is 0.692. The fourth-order valence-electron chi connectivity index (χ4n) is 1.73. The molecule has 0 spiro atoms. The topological polar surface area (TPSA) is 69.9 Å². The van der Waals surface area contributed by atoms with Crippen molar-refractivity contribution in [2.75, 3.05) is 6.61 Å². The third kappa shape index (κ3) is 3.66. The summed E-state index contributed by atoms with van der Waals surface area (Å²) < 4.78 is 0. The van der Waals surface area contributed by atoms with E-state index in [1.54, 1.807) is 13.8 Å². The lowest BCUT2D eigenvalue weighted by Crippen LogP contribution is -2.28. The van der Waals surface area contributed by atoms with Gasteiger partial charge in [-0.25, -0.2) is 0 Å². The summed E-state index contributed by atoms with van der Waals surface area (Å²) in [5.41, 5.74) is -0.531. The molecular formula is C13H21NO3. The molecule has 2 N–H and O–H groups in total. The highest BCUT2D eigenvalue weighted by Gasteiger charge is 2.32. The third-order valence-electron chi connectivity index (χ3n) is 2.83. The molecule has 0 aromatic heterocycles. The first-order valence-corrected chi connectivity index (χ1v) is 5.78. The van der Waals surface area contributed by atoms with Gasteiger partial charge >= 0.3 is 0 Å². The highest BCUT2D eigenvalue weighted by atomic mass is 16.3. The Hall–Kier alpha value is -1.16. The number of nitrogens with zero attached hydrogens (tertiary/aromatic N) is 1. The summed E-state index contributed by atoms with van der Waals surface area (Å²) in [6, 6.07) is 0. The SMILES string of the molecule is CC1(C)CC(=O)C(C=NC(C)(C)CO)=C(O)C1. The first kappa shape index (κ1) is 13.9. The van der Waals surface area contributed by atoms with Crippen molar-refractivity contribution < 1.29 is 15.0 Å². The van der Waals surface area contributed by atoms with Crippen molar-refractivity contribution >= 4 is 12.0 Å². The minimum absolute atomic E-state index is 0.0868. The zero-order valence-corrected chi connectivity index (χ0v) is 10.9. The van der Waals surface area contributed by atoms with E-state index in [-0.39, 0.29) is 29.1 Å². The van der Waals surface area contributed by atoms with E-state index in [0.717, 1.165) is 0 Å². The smallest absolute Gasteiger partial charge is 0.168 e. The van der Waals surface area contributed by atoms with Gasteiger partial charge in [0.15, 0.2) is 5.78 Å². The zero-order chi connectivity index (χ0) is 13.3. The molecule has 0 aromatic rings. The Labute approximate surface area is 102 Å². The Morgan fingerprint density at radius 1 is 1.41 bits per heavy atom. The van der Waals surface area contributed by atoms with Gasteiger partial charge in [-0.3, -0.25) is 9.79 Å². The molecule has 4 nitrogen and oxygen atoms in total. The Morgan fingerprint density at radius 3 is 2.47 bits per heavy atom. The predicted molar refractivity (Wildman–Crippen MR) is 67.3 cm³/mol. The van der Waals surface area contributed by atoms with Gasteiger partial charge in [0.25, 0.3) is 0 Å². The summed E-state index contributed by atoms with van der Waals surface area (Å²) in [4.78, 5) is 16.0. The minimum Gasteiger partial charge on any atom is -0.511 e. The number of aliphatic imine (C=N–C) groups is 1. The van der Waals surface area contributed by atoms with Crippen LogP contribution in [0.25, 0.3) is 0 Å². The van der Waals surface area contributed by atoms with Crippen LogP contribution in [-0.2, 0) is 4.79 Å². The average molecular weight is 239 g/mol. The summed E-state index contributed by atoms with van der Waals surface area (Å²) >= 11 is 0. The van der Waals surface area contributed by atoms with Gasteiger partial charge in [0, 0.05) is 19.1 Å². The van der Waals surface area contributed by atoms with Gasteiger partial charge in [0.2, 0.25) is 0 Å². The molecule has 0 radical (unpaired) electrons.